The molecule has 0 aromatic carbocycles. The summed E-state index contributed by atoms with van der Waals surface area (Å²) in [6.07, 6.45) is 0.779. The van der Waals surface area contributed by atoms with Gasteiger partial charge in [0.1, 0.15) is 5.00 Å². The van der Waals surface area contributed by atoms with Gasteiger partial charge in [-0.15, -0.1) is 35.1 Å². The van der Waals surface area contributed by atoms with Crippen molar-refractivity contribution in [2.24, 2.45) is 5.73 Å². The number of carbonyl (C=O) groups is 2. The lowest BCUT2D eigenvalue weighted by atomic mass is 10.0. The van der Waals surface area contributed by atoms with Crippen molar-refractivity contribution in [2.45, 2.75) is 13.0 Å². The average molecular weight is 437 g/mol. The topological polar surface area (TPSA) is 75.4 Å². The van der Waals surface area contributed by atoms with Crippen molar-refractivity contribution >= 4 is 67.8 Å². The Morgan fingerprint density at radius 2 is 2.09 bits per heavy atom. The molecule has 0 bridgehead atoms. The van der Waals surface area contributed by atoms with Crippen molar-refractivity contribution in [1.29, 1.82) is 0 Å². The normalized spacial score (nSPS) is 14.0. The number of thiophene rings is 2. The van der Waals surface area contributed by atoms with Gasteiger partial charge < -0.3 is 16.0 Å². The summed E-state index contributed by atoms with van der Waals surface area (Å²) >= 11 is 6.13. The van der Waals surface area contributed by atoms with E-state index >= 15 is 0 Å². The number of carbonyl (C=O) groups excluding carboxylic acids is 2. The molecule has 0 saturated carbocycles. The first kappa shape index (κ1) is 18.4. The summed E-state index contributed by atoms with van der Waals surface area (Å²) in [6, 6.07) is 3.57. The third-order valence-corrected chi connectivity index (χ3v) is 6.27. The molecule has 2 aromatic rings. The molecular formula is C14H15BrClN3O2S2. The molecule has 2 amide bonds. The minimum Gasteiger partial charge on any atom is -0.365 e. The van der Waals surface area contributed by atoms with Gasteiger partial charge >= 0.3 is 0 Å². The molecule has 3 rings (SSSR count). The van der Waals surface area contributed by atoms with E-state index in [1.54, 1.807) is 6.07 Å². The van der Waals surface area contributed by atoms with Crippen LogP contribution >= 0.6 is 51.0 Å². The van der Waals surface area contributed by atoms with Crippen molar-refractivity contribution in [3.05, 3.63) is 36.8 Å². The second-order valence-electron chi connectivity index (χ2n) is 5.12. The SMILES string of the molecule is CN1CCc2c(sc(NC(=O)c3ccc(Br)s3)c2C(N)=O)C1.Cl. The number of fused-ring (bicyclic) bond motifs is 1. The van der Waals surface area contributed by atoms with Gasteiger partial charge in [0.25, 0.3) is 11.8 Å². The largest absolute Gasteiger partial charge is 0.365 e. The number of nitrogens with one attached hydrogen (secondary N) is 1. The Hall–Kier alpha value is -0.930. The van der Waals surface area contributed by atoms with Crippen LogP contribution in [0.15, 0.2) is 15.9 Å². The van der Waals surface area contributed by atoms with Gasteiger partial charge in [-0.25, -0.2) is 0 Å². The van der Waals surface area contributed by atoms with E-state index in [0.717, 1.165) is 33.7 Å². The lowest BCUT2D eigenvalue weighted by Crippen LogP contribution is -2.27. The average Bonchev–Trinajstić information content (AvgIpc) is 3.01. The van der Waals surface area contributed by atoms with Crippen LogP contribution < -0.4 is 11.1 Å². The van der Waals surface area contributed by atoms with E-state index in [-0.39, 0.29) is 18.3 Å². The van der Waals surface area contributed by atoms with E-state index in [1.165, 1.54) is 22.7 Å². The van der Waals surface area contributed by atoms with E-state index < -0.39 is 5.91 Å². The molecule has 0 radical (unpaired) electrons. The molecule has 124 valence electrons. The zero-order valence-corrected chi connectivity index (χ0v) is 16.3. The fourth-order valence-electron chi connectivity index (χ4n) is 2.48. The first-order valence-electron chi connectivity index (χ1n) is 6.65. The highest BCUT2D eigenvalue weighted by Crippen LogP contribution is 2.37. The van der Waals surface area contributed by atoms with Gasteiger partial charge in [-0.3, -0.25) is 9.59 Å². The molecule has 0 unspecified atom stereocenters. The van der Waals surface area contributed by atoms with E-state index in [9.17, 15) is 9.59 Å². The van der Waals surface area contributed by atoms with Gasteiger partial charge in [0.15, 0.2) is 0 Å². The molecule has 0 aliphatic carbocycles. The fourth-order valence-corrected chi connectivity index (χ4v) is 5.09. The number of nitrogens with zero attached hydrogens (tertiary/aromatic N) is 1. The highest BCUT2D eigenvalue weighted by molar-refractivity contribution is 9.11. The predicted molar refractivity (Wildman–Crippen MR) is 100 cm³/mol. The van der Waals surface area contributed by atoms with Crippen molar-refractivity contribution in [1.82, 2.24) is 4.90 Å². The van der Waals surface area contributed by atoms with Crippen LogP contribution in [-0.2, 0) is 13.0 Å². The molecule has 3 heterocycles. The Bertz CT molecular complexity index is 759. The Balaban J connectivity index is 0.00000192. The Kier molecular flexibility index (Phi) is 5.85. The molecule has 1 aliphatic rings. The number of hydrogen-bond acceptors (Lipinski definition) is 5. The third-order valence-electron chi connectivity index (χ3n) is 3.52. The minimum atomic E-state index is -0.482. The maximum absolute atomic E-state index is 12.3. The summed E-state index contributed by atoms with van der Waals surface area (Å²) in [5.41, 5.74) is 6.99. The van der Waals surface area contributed by atoms with Crippen LogP contribution in [0.1, 0.15) is 30.5 Å². The van der Waals surface area contributed by atoms with Crippen molar-refractivity contribution in [3.63, 3.8) is 0 Å². The van der Waals surface area contributed by atoms with Gasteiger partial charge in [-0.2, -0.15) is 0 Å². The van der Waals surface area contributed by atoms with Crippen LogP contribution in [0.25, 0.3) is 0 Å². The monoisotopic (exact) mass is 435 g/mol. The zero-order valence-electron chi connectivity index (χ0n) is 12.2. The fraction of sp³-hybridized carbons (Fsp3) is 0.286. The quantitative estimate of drug-likeness (QED) is 0.775. The lowest BCUT2D eigenvalue weighted by Gasteiger charge is -2.22. The van der Waals surface area contributed by atoms with Gasteiger partial charge in [0.05, 0.1) is 14.2 Å². The van der Waals surface area contributed by atoms with Crippen LogP contribution in [0.5, 0.6) is 0 Å². The third kappa shape index (κ3) is 3.77. The molecule has 0 spiro atoms. The number of nitrogens with two attached hydrogens (primary N) is 1. The summed E-state index contributed by atoms with van der Waals surface area (Å²) in [7, 11) is 2.04. The number of primary amides is 1. The Labute approximate surface area is 156 Å². The number of likely N-dealkylation sites (N-methyl/N-ethyl adjacent to an activating group) is 1. The van der Waals surface area contributed by atoms with Gasteiger partial charge in [-0.1, -0.05) is 0 Å². The number of hydrogen-bond donors (Lipinski definition) is 2. The van der Waals surface area contributed by atoms with Crippen molar-refractivity contribution < 1.29 is 9.59 Å². The van der Waals surface area contributed by atoms with E-state index in [2.05, 4.69) is 26.1 Å². The lowest BCUT2D eigenvalue weighted by molar-refractivity contribution is 0.1000. The zero-order chi connectivity index (χ0) is 15.9. The molecule has 0 atom stereocenters. The summed E-state index contributed by atoms with van der Waals surface area (Å²) in [6.45, 7) is 1.66. The highest BCUT2D eigenvalue weighted by Gasteiger charge is 2.26. The number of amides is 2. The molecule has 3 N–H and O–H groups in total. The summed E-state index contributed by atoms with van der Waals surface area (Å²) in [4.78, 5) is 28.0. The first-order chi connectivity index (χ1) is 10.5. The second kappa shape index (κ2) is 7.31. The van der Waals surface area contributed by atoms with Crippen LogP contribution in [0.3, 0.4) is 0 Å². The van der Waals surface area contributed by atoms with Crippen molar-refractivity contribution in [3.8, 4) is 0 Å². The highest BCUT2D eigenvalue weighted by atomic mass is 79.9. The summed E-state index contributed by atoms with van der Waals surface area (Å²) < 4.78 is 0.889. The van der Waals surface area contributed by atoms with Crippen molar-refractivity contribution in [2.75, 3.05) is 18.9 Å². The molecule has 23 heavy (non-hydrogen) atoms. The van der Waals surface area contributed by atoms with E-state index in [0.29, 0.717) is 15.4 Å². The Morgan fingerprint density at radius 1 is 1.35 bits per heavy atom. The molecule has 5 nitrogen and oxygen atoms in total. The number of rotatable bonds is 3. The van der Waals surface area contributed by atoms with E-state index in [4.69, 9.17) is 5.73 Å². The second-order valence-corrected chi connectivity index (χ2v) is 8.69. The molecule has 9 heteroatoms. The van der Waals surface area contributed by atoms with Crippen LogP contribution in [0.4, 0.5) is 5.00 Å². The van der Waals surface area contributed by atoms with Gasteiger partial charge in [0, 0.05) is 18.0 Å². The first-order valence-corrected chi connectivity index (χ1v) is 9.08. The summed E-state index contributed by atoms with van der Waals surface area (Å²) in [5, 5.41) is 3.40. The maximum atomic E-state index is 12.3. The molecule has 0 fully saturated rings. The molecule has 0 saturated heterocycles. The van der Waals surface area contributed by atoms with Crippen LogP contribution in [0.2, 0.25) is 0 Å². The molecule has 2 aromatic heterocycles. The molecular weight excluding hydrogens is 422 g/mol. The number of halogens is 2. The number of anilines is 1. The van der Waals surface area contributed by atoms with Gasteiger partial charge in [-0.05, 0) is 47.1 Å². The summed E-state index contributed by atoms with van der Waals surface area (Å²) in [5.74, 6) is -0.699. The van der Waals surface area contributed by atoms with Crippen LogP contribution in [-0.4, -0.2) is 30.3 Å². The van der Waals surface area contributed by atoms with E-state index in [1.807, 2.05) is 13.1 Å². The van der Waals surface area contributed by atoms with Gasteiger partial charge in [0.2, 0.25) is 0 Å². The maximum Gasteiger partial charge on any atom is 0.266 e. The smallest absolute Gasteiger partial charge is 0.266 e. The Morgan fingerprint density at radius 3 is 2.70 bits per heavy atom. The minimum absolute atomic E-state index is 0. The molecule has 1 aliphatic heterocycles. The standard InChI is InChI=1S/C14H14BrN3O2S2.ClH/c1-18-5-4-7-9(6-18)22-14(11(7)12(16)19)17-13(20)8-2-3-10(15)21-8;/h2-3H,4-6H2,1H3,(H2,16,19)(H,17,20);1H. The van der Waals surface area contributed by atoms with Crippen LogP contribution in [0, 0.1) is 0 Å². The predicted octanol–water partition coefficient (Wildman–Crippen LogP) is 3.33.